The molecule has 0 fully saturated rings. The Hall–Kier alpha value is -10.2. The molecule has 0 atom stereocenters. The summed E-state index contributed by atoms with van der Waals surface area (Å²) in [5.74, 6) is 3.62. The summed E-state index contributed by atoms with van der Waals surface area (Å²) in [4.78, 5) is 32.6. The number of phenolic OH excluding ortho intramolecular Hbond substituents is 1. The molecule has 0 aliphatic carbocycles. The Morgan fingerprint density at radius 3 is 1.16 bits per heavy atom. The minimum absolute atomic E-state index is 0.0904. The Labute approximate surface area is 593 Å². The number of non-ortho nitro benzene ring substituents is 1. The molecule has 0 spiro atoms. The molecule has 99 heavy (non-hydrogen) atoms. The van der Waals surface area contributed by atoms with Gasteiger partial charge in [0.1, 0.15) is 54.9 Å². The fraction of sp³-hybridized carbons (Fsp3) is 0.133. The first-order chi connectivity index (χ1) is 48.0. The molecule has 5 N–H and O–H groups in total. The standard InChI is InChI=1S/C18H14N2O3S.C18H16N2OS.C17H14N2OS.C13H18NO4PS.C9H9NOS/c1-23-15-10-11-16-17(12-15)24-18(19-16)5-3-2-4-13-6-8-14(9-7-13)20(21)22;1-21-15-10-11-16-17(12-15)22-18(20-16)5-3-2-4-13-6-8-14(19)9-7-13;18-13-7-5-12(6-8-13)3-1-2-4-17-19-15-10-9-14(20)11-16(15)21-17;1-4-17-19(15,18-5-2)9-13-14-11-7-6-10(16-3)8-12(11)20-13;1-6-10-8-4-3-7(11-2)5-9(8)12-6/h2-12H,1H3;2-12H,19H2,1H3;1-11,20H,18H2;6-8H,4-5,9H2,1-3H3;3-5H,1-2H3/b2*4-2+,5-3+;3-1+,4-2+;;. The summed E-state index contributed by atoms with van der Waals surface area (Å²) in [6.45, 7) is 6.33. The maximum absolute atomic E-state index is 12.5. The highest BCUT2D eigenvalue weighted by molar-refractivity contribution is 7.53. The van der Waals surface area contributed by atoms with Crippen molar-refractivity contribution in [2.75, 3.05) is 53.1 Å². The van der Waals surface area contributed by atoms with Gasteiger partial charge in [-0.1, -0.05) is 78.9 Å². The Morgan fingerprint density at radius 1 is 0.444 bits per heavy atom. The van der Waals surface area contributed by atoms with E-state index < -0.39 is 12.5 Å². The molecule has 0 bridgehead atoms. The van der Waals surface area contributed by atoms with Crippen molar-refractivity contribution in [2.24, 2.45) is 0 Å². The second-order valence-electron chi connectivity index (χ2n) is 20.9. The van der Waals surface area contributed by atoms with Crippen molar-refractivity contribution in [3.63, 3.8) is 0 Å². The average molecular weight is 1440 g/mol. The zero-order valence-corrected chi connectivity index (χ0v) is 60.1. The molecule has 18 nitrogen and oxygen atoms in total. The molecule has 24 heteroatoms. The van der Waals surface area contributed by atoms with Crippen molar-refractivity contribution in [1.29, 1.82) is 0 Å². The summed E-state index contributed by atoms with van der Waals surface area (Å²) in [6, 6.07) is 50.4. The number of fused-ring (bicyclic) bond motifs is 5. The maximum atomic E-state index is 12.5. The largest absolute Gasteiger partial charge is 0.508 e. The number of nitrogens with two attached hydrogens (primary N) is 2. The molecule has 8 aromatic carbocycles. The molecule has 0 aliphatic rings. The van der Waals surface area contributed by atoms with Gasteiger partial charge >= 0.3 is 7.60 Å². The van der Waals surface area contributed by atoms with Gasteiger partial charge in [-0.3, -0.25) is 14.7 Å². The van der Waals surface area contributed by atoms with Crippen LogP contribution in [-0.2, 0) is 19.8 Å². The van der Waals surface area contributed by atoms with Gasteiger partial charge in [0.25, 0.3) is 5.69 Å². The van der Waals surface area contributed by atoms with Crippen LogP contribution in [0.5, 0.6) is 28.7 Å². The highest BCUT2D eigenvalue weighted by Gasteiger charge is 2.26. The summed E-state index contributed by atoms with van der Waals surface area (Å²) < 4.78 is 49.2. The lowest BCUT2D eigenvalue weighted by atomic mass is 10.2. The number of nitrogen functional groups attached to an aromatic ring is 2. The fourth-order valence-corrected chi connectivity index (χ4v) is 15.6. The Kier molecular flexibility index (Phi) is 26.9. The number of allylic oxidation sites excluding steroid dienone is 6. The van der Waals surface area contributed by atoms with Gasteiger partial charge in [0, 0.05) is 23.5 Å². The third-order valence-electron chi connectivity index (χ3n) is 13.8. The predicted molar refractivity (Wildman–Crippen MR) is 414 cm³/mol. The van der Waals surface area contributed by atoms with Crippen LogP contribution in [0.1, 0.15) is 55.6 Å². The predicted octanol–water partition coefficient (Wildman–Crippen LogP) is 20.5. The van der Waals surface area contributed by atoms with Crippen LogP contribution in [0.25, 0.3) is 87.5 Å². The lowest BCUT2D eigenvalue weighted by Crippen LogP contribution is -1.98. The average Bonchev–Trinajstić information content (AvgIpc) is 1.71. The number of methoxy groups -OCH3 is 4. The number of ether oxygens (including phenoxy) is 4. The molecule has 0 unspecified atom stereocenters. The number of nitro groups is 1. The molecular formula is C75H71N8O10PS5. The molecule has 0 aliphatic heterocycles. The van der Waals surface area contributed by atoms with E-state index in [1.54, 1.807) is 112 Å². The third kappa shape index (κ3) is 22.2. The Balaban J connectivity index is 0.000000146. The second kappa shape index (κ2) is 36.4. The van der Waals surface area contributed by atoms with Crippen LogP contribution in [0.4, 0.5) is 17.1 Å². The molecule has 13 aromatic rings. The van der Waals surface area contributed by atoms with E-state index in [0.29, 0.717) is 13.2 Å². The van der Waals surface area contributed by atoms with Gasteiger partial charge in [0.15, 0.2) is 0 Å². The van der Waals surface area contributed by atoms with E-state index in [1.165, 1.54) is 28.2 Å². The van der Waals surface area contributed by atoms with Crippen molar-refractivity contribution >= 4 is 169 Å². The molecule has 5 aromatic heterocycles. The van der Waals surface area contributed by atoms with Gasteiger partial charge in [-0.2, -0.15) is 0 Å². The normalized spacial score (nSPS) is 11.6. The molecule has 0 saturated carbocycles. The highest BCUT2D eigenvalue weighted by Crippen LogP contribution is 2.52. The lowest BCUT2D eigenvalue weighted by molar-refractivity contribution is -0.384. The van der Waals surface area contributed by atoms with E-state index in [-0.39, 0.29) is 17.6 Å². The van der Waals surface area contributed by atoms with Gasteiger partial charge in [0.2, 0.25) is 0 Å². The van der Waals surface area contributed by atoms with Crippen LogP contribution in [0.15, 0.2) is 200 Å². The van der Waals surface area contributed by atoms with Crippen molar-refractivity contribution in [2.45, 2.75) is 26.9 Å². The minimum Gasteiger partial charge on any atom is -0.508 e. The summed E-state index contributed by atoms with van der Waals surface area (Å²) in [7, 11) is 3.52. The van der Waals surface area contributed by atoms with Gasteiger partial charge < -0.3 is 44.6 Å². The molecule has 506 valence electrons. The van der Waals surface area contributed by atoms with E-state index in [4.69, 9.17) is 39.5 Å². The van der Waals surface area contributed by atoms with Crippen LogP contribution in [0, 0.1) is 17.0 Å². The van der Waals surface area contributed by atoms with Crippen LogP contribution in [0.2, 0.25) is 0 Å². The van der Waals surface area contributed by atoms with Gasteiger partial charge in [0.05, 0.1) is 103 Å². The summed E-state index contributed by atoms with van der Waals surface area (Å²) in [5, 5.41) is 24.7. The van der Waals surface area contributed by atoms with Crippen molar-refractivity contribution in [3.05, 3.63) is 252 Å². The fourth-order valence-electron chi connectivity index (χ4n) is 9.06. The number of hydrogen-bond acceptors (Lipinski definition) is 22. The zero-order valence-electron chi connectivity index (χ0n) is 55.1. The van der Waals surface area contributed by atoms with Crippen LogP contribution in [-0.4, -0.2) is 76.6 Å². The van der Waals surface area contributed by atoms with Crippen LogP contribution >= 0.6 is 64.3 Å². The molecule has 5 heterocycles. The first-order valence-corrected chi connectivity index (χ1v) is 36.5. The number of aryl methyl sites for hydroxylation is 1. The van der Waals surface area contributed by atoms with Gasteiger partial charge in [-0.15, -0.1) is 56.7 Å². The first-order valence-electron chi connectivity index (χ1n) is 30.7. The zero-order chi connectivity index (χ0) is 70.1. The number of aromatic hydroxyl groups is 1. The number of benzene rings is 8. The van der Waals surface area contributed by atoms with E-state index in [9.17, 15) is 19.8 Å². The summed E-state index contributed by atoms with van der Waals surface area (Å²) in [5.41, 5.74) is 20.8. The number of hydrogen-bond donors (Lipinski definition) is 3. The van der Waals surface area contributed by atoms with Crippen LogP contribution < -0.4 is 30.4 Å². The van der Waals surface area contributed by atoms with E-state index >= 15 is 0 Å². The summed E-state index contributed by atoms with van der Waals surface area (Å²) in [6.07, 6.45) is 23.7. The number of anilines is 2. The Bertz CT molecular complexity index is 5050. The molecule has 0 radical (unpaired) electrons. The molecule has 0 saturated heterocycles. The Morgan fingerprint density at radius 2 is 0.778 bits per heavy atom. The highest BCUT2D eigenvalue weighted by atomic mass is 32.1. The first kappa shape index (κ1) is 73.1. The number of aromatic nitrogens is 5. The monoisotopic (exact) mass is 1430 g/mol. The summed E-state index contributed by atoms with van der Waals surface area (Å²) >= 11 is 7.96. The molecular weight excluding hydrogens is 1360 g/mol. The second-order valence-corrected chi connectivity index (χ2v) is 28.5. The topological polar surface area (TPSA) is 252 Å². The number of nitro benzene ring substituents is 1. The SMILES string of the molecule is CCOP(=O)(Cc1nc2ccc(OC)cc2s1)OCC.COc1ccc2nc(/C=C/C=C/c3ccc(N)cc3)sc2c1.COc1ccc2nc(/C=C/C=C/c3ccc([N+](=O)[O-])cc3)sc2c1.COc1ccc2nc(C)sc2c1.Nc1ccc(/C=C/C=C/c2nc3ccc(O)cc3s2)cc1. The number of nitrogens with zero attached hydrogens (tertiary/aromatic N) is 6. The maximum Gasteiger partial charge on any atom is 0.337 e. The third-order valence-corrected chi connectivity index (χ3v) is 20.9. The van der Waals surface area contributed by atoms with E-state index in [0.717, 1.165) is 122 Å². The van der Waals surface area contributed by atoms with Gasteiger partial charge in [-0.05, 0) is 183 Å². The van der Waals surface area contributed by atoms with Crippen molar-refractivity contribution in [3.8, 4) is 28.7 Å². The molecule has 13 rings (SSSR count). The lowest BCUT2D eigenvalue weighted by Gasteiger charge is -2.15. The number of rotatable bonds is 20. The smallest absolute Gasteiger partial charge is 0.337 e. The van der Waals surface area contributed by atoms with E-state index in [1.807, 2.05) is 207 Å². The molecule has 0 amide bonds. The van der Waals surface area contributed by atoms with Gasteiger partial charge in [-0.25, -0.2) is 24.9 Å². The minimum atomic E-state index is -3.10. The van der Waals surface area contributed by atoms with Crippen molar-refractivity contribution in [1.82, 2.24) is 24.9 Å². The quantitative estimate of drug-likeness (QED) is 0.0211. The van der Waals surface area contributed by atoms with E-state index in [2.05, 4.69) is 24.9 Å². The number of phenols is 1. The number of thiazole rings is 5. The van der Waals surface area contributed by atoms with Crippen LogP contribution in [0.3, 0.4) is 0 Å². The van der Waals surface area contributed by atoms with Crippen molar-refractivity contribution < 1.29 is 42.6 Å².